The van der Waals surface area contributed by atoms with E-state index in [0.717, 1.165) is 32.4 Å². The number of fused-ring (bicyclic) bond motifs is 2. The Balaban J connectivity index is 1.38. The SMILES string of the molecule is Cn1c([C@@H]2CCCN2CCn2c(=O)oc3cccnc32)nc2c1CCCC2. The Bertz CT molecular complexity index is 1030. The average molecular weight is 367 g/mol. The van der Waals surface area contributed by atoms with Crippen molar-refractivity contribution in [3.63, 3.8) is 0 Å². The Morgan fingerprint density at radius 2 is 2.11 bits per heavy atom. The van der Waals surface area contributed by atoms with Crippen molar-refractivity contribution in [2.45, 2.75) is 51.1 Å². The minimum absolute atomic E-state index is 0.327. The van der Waals surface area contributed by atoms with Gasteiger partial charge in [0.05, 0.1) is 11.7 Å². The topological polar surface area (TPSA) is 69.1 Å². The summed E-state index contributed by atoms with van der Waals surface area (Å²) in [5.74, 6) is 0.869. The first-order chi connectivity index (χ1) is 13.2. The first-order valence-corrected chi connectivity index (χ1v) is 9.95. The summed E-state index contributed by atoms with van der Waals surface area (Å²) in [6.45, 7) is 2.43. The van der Waals surface area contributed by atoms with Crippen molar-refractivity contribution >= 4 is 11.2 Å². The van der Waals surface area contributed by atoms with Gasteiger partial charge < -0.3 is 8.98 Å². The van der Waals surface area contributed by atoms with E-state index < -0.39 is 0 Å². The molecule has 0 aromatic carbocycles. The maximum absolute atomic E-state index is 12.2. The molecule has 0 saturated carbocycles. The minimum atomic E-state index is -0.327. The molecule has 5 rings (SSSR count). The lowest BCUT2D eigenvalue weighted by Crippen LogP contribution is -2.31. The van der Waals surface area contributed by atoms with Gasteiger partial charge >= 0.3 is 5.76 Å². The van der Waals surface area contributed by atoms with E-state index in [1.54, 1.807) is 22.9 Å². The zero-order valence-corrected chi connectivity index (χ0v) is 15.7. The molecule has 0 bridgehead atoms. The number of pyridine rings is 1. The molecule has 1 aliphatic carbocycles. The quantitative estimate of drug-likeness (QED) is 0.708. The number of hydrogen-bond donors (Lipinski definition) is 0. The number of rotatable bonds is 4. The maximum atomic E-state index is 12.2. The largest absolute Gasteiger partial charge is 0.421 e. The summed E-state index contributed by atoms with van der Waals surface area (Å²) < 4.78 is 9.29. The highest BCUT2D eigenvalue weighted by Crippen LogP contribution is 2.33. The Morgan fingerprint density at radius 3 is 3.00 bits per heavy atom. The summed E-state index contributed by atoms with van der Waals surface area (Å²) in [5, 5.41) is 0. The van der Waals surface area contributed by atoms with Gasteiger partial charge in [0.1, 0.15) is 5.82 Å². The molecule has 7 heteroatoms. The van der Waals surface area contributed by atoms with Crippen molar-refractivity contribution in [3.8, 4) is 0 Å². The molecule has 142 valence electrons. The molecule has 27 heavy (non-hydrogen) atoms. The highest BCUT2D eigenvalue weighted by molar-refractivity contribution is 5.67. The summed E-state index contributed by atoms with van der Waals surface area (Å²) in [6.07, 6.45) is 8.77. The lowest BCUT2D eigenvalue weighted by molar-refractivity contribution is 0.233. The van der Waals surface area contributed by atoms with E-state index in [2.05, 4.69) is 21.5 Å². The third-order valence-electron chi connectivity index (χ3n) is 6.11. The van der Waals surface area contributed by atoms with E-state index >= 15 is 0 Å². The van der Waals surface area contributed by atoms with E-state index in [0.29, 0.717) is 23.8 Å². The van der Waals surface area contributed by atoms with Crippen LogP contribution >= 0.6 is 0 Å². The van der Waals surface area contributed by atoms with Crippen LogP contribution in [0.1, 0.15) is 48.9 Å². The third kappa shape index (κ3) is 2.81. The van der Waals surface area contributed by atoms with Gasteiger partial charge in [-0.3, -0.25) is 9.47 Å². The average Bonchev–Trinajstić information content (AvgIpc) is 3.36. The summed E-state index contributed by atoms with van der Waals surface area (Å²) in [4.78, 5) is 24.0. The second kappa shape index (κ2) is 6.64. The van der Waals surface area contributed by atoms with Gasteiger partial charge in [-0.2, -0.15) is 0 Å². The lowest BCUT2D eigenvalue weighted by Gasteiger charge is -2.24. The molecule has 7 nitrogen and oxygen atoms in total. The number of imidazole rings is 1. The minimum Gasteiger partial charge on any atom is -0.406 e. The predicted molar refractivity (Wildman–Crippen MR) is 102 cm³/mol. The van der Waals surface area contributed by atoms with Crippen LogP contribution in [0.4, 0.5) is 0 Å². The Hall–Kier alpha value is -2.41. The molecule has 3 aromatic rings. The van der Waals surface area contributed by atoms with Crippen LogP contribution in [0.15, 0.2) is 27.5 Å². The van der Waals surface area contributed by atoms with Gasteiger partial charge in [-0.1, -0.05) is 0 Å². The molecule has 1 aliphatic heterocycles. The van der Waals surface area contributed by atoms with Crippen molar-refractivity contribution in [1.29, 1.82) is 0 Å². The molecular formula is C20H25N5O2. The summed E-state index contributed by atoms with van der Waals surface area (Å²) in [6, 6.07) is 3.91. The van der Waals surface area contributed by atoms with Gasteiger partial charge in [0.25, 0.3) is 0 Å². The number of aryl methyl sites for hydroxylation is 1. The van der Waals surface area contributed by atoms with Gasteiger partial charge in [0.2, 0.25) is 0 Å². The molecule has 1 fully saturated rings. The van der Waals surface area contributed by atoms with E-state index in [-0.39, 0.29) is 5.76 Å². The standard InChI is InChI=1S/C20H25N5O2/c1-23-15-7-3-2-6-14(15)22-18(23)16-8-5-11-24(16)12-13-25-19-17(27-20(25)26)9-4-10-21-19/h4,9-10,16H,2-3,5-8,11-13H2,1H3/t16-/m0/s1. The highest BCUT2D eigenvalue weighted by atomic mass is 16.4. The lowest BCUT2D eigenvalue weighted by atomic mass is 10.0. The molecule has 4 heterocycles. The van der Waals surface area contributed by atoms with Crippen molar-refractivity contribution < 1.29 is 4.42 Å². The fraction of sp³-hybridized carbons (Fsp3) is 0.550. The molecule has 0 unspecified atom stereocenters. The second-order valence-corrected chi connectivity index (χ2v) is 7.67. The number of aromatic nitrogens is 4. The fourth-order valence-electron chi connectivity index (χ4n) is 4.72. The van der Waals surface area contributed by atoms with Crippen LogP contribution in [-0.2, 0) is 26.4 Å². The number of likely N-dealkylation sites (tertiary alicyclic amines) is 1. The highest BCUT2D eigenvalue weighted by Gasteiger charge is 2.31. The van der Waals surface area contributed by atoms with Crippen LogP contribution in [0.2, 0.25) is 0 Å². The molecule has 3 aromatic heterocycles. The molecule has 1 atom stereocenters. The van der Waals surface area contributed by atoms with Gasteiger partial charge in [0.15, 0.2) is 11.2 Å². The Labute approximate surface area is 157 Å². The Kier molecular flexibility index (Phi) is 4.11. The van der Waals surface area contributed by atoms with E-state index in [9.17, 15) is 4.79 Å². The van der Waals surface area contributed by atoms with Crippen LogP contribution in [0, 0.1) is 0 Å². The first kappa shape index (κ1) is 16.7. The summed E-state index contributed by atoms with van der Waals surface area (Å²) >= 11 is 0. The zero-order chi connectivity index (χ0) is 18.4. The van der Waals surface area contributed by atoms with Gasteiger partial charge in [-0.25, -0.2) is 14.8 Å². The zero-order valence-electron chi connectivity index (χ0n) is 15.7. The first-order valence-electron chi connectivity index (χ1n) is 9.95. The van der Waals surface area contributed by atoms with Crippen molar-refractivity contribution in [1.82, 2.24) is 24.0 Å². The predicted octanol–water partition coefficient (Wildman–Crippen LogP) is 2.44. The van der Waals surface area contributed by atoms with Crippen LogP contribution in [0.3, 0.4) is 0 Å². The van der Waals surface area contributed by atoms with Crippen LogP contribution in [-0.4, -0.2) is 37.1 Å². The fourth-order valence-corrected chi connectivity index (χ4v) is 4.72. The van der Waals surface area contributed by atoms with Crippen LogP contribution < -0.4 is 5.76 Å². The van der Waals surface area contributed by atoms with Crippen LogP contribution in [0.25, 0.3) is 11.2 Å². The maximum Gasteiger partial charge on any atom is 0.421 e. The molecule has 0 spiro atoms. The second-order valence-electron chi connectivity index (χ2n) is 7.67. The number of oxazole rings is 1. The molecular weight excluding hydrogens is 342 g/mol. The van der Waals surface area contributed by atoms with E-state index in [1.165, 1.54) is 36.5 Å². The smallest absolute Gasteiger partial charge is 0.406 e. The van der Waals surface area contributed by atoms with Crippen molar-refractivity contribution in [2.24, 2.45) is 7.05 Å². The van der Waals surface area contributed by atoms with Crippen LogP contribution in [0.5, 0.6) is 0 Å². The molecule has 1 saturated heterocycles. The van der Waals surface area contributed by atoms with Crippen molar-refractivity contribution in [2.75, 3.05) is 13.1 Å². The summed E-state index contributed by atoms with van der Waals surface area (Å²) in [7, 11) is 2.17. The third-order valence-corrected chi connectivity index (χ3v) is 6.11. The normalized spacial score (nSPS) is 20.4. The Morgan fingerprint density at radius 1 is 1.22 bits per heavy atom. The molecule has 0 N–H and O–H groups in total. The van der Waals surface area contributed by atoms with Gasteiger partial charge in [-0.15, -0.1) is 0 Å². The van der Waals surface area contributed by atoms with E-state index in [4.69, 9.17) is 9.40 Å². The summed E-state index contributed by atoms with van der Waals surface area (Å²) in [5.41, 5.74) is 3.90. The van der Waals surface area contributed by atoms with Gasteiger partial charge in [0, 0.05) is 32.0 Å². The van der Waals surface area contributed by atoms with Crippen molar-refractivity contribution in [3.05, 3.63) is 46.1 Å². The molecule has 0 amide bonds. The number of hydrogen-bond acceptors (Lipinski definition) is 5. The van der Waals surface area contributed by atoms with E-state index in [1.807, 2.05) is 0 Å². The van der Waals surface area contributed by atoms with Gasteiger partial charge in [-0.05, 0) is 57.2 Å². The monoisotopic (exact) mass is 367 g/mol. The molecule has 0 radical (unpaired) electrons. The number of nitrogens with zero attached hydrogens (tertiary/aromatic N) is 5. The molecule has 2 aliphatic rings.